The van der Waals surface area contributed by atoms with Gasteiger partial charge in [0.1, 0.15) is 5.75 Å². The lowest BCUT2D eigenvalue weighted by Gasteiger charge is -2.11. The molecule has 0 aliphatic rings. The number of nitrogens with one attached hydrogen (secondary N) is 2. The molecule has 0 spiro atoms. The topological polar surface area (TPSA) is 67.4 Å². The predicted octanol–water partition coefficient (Wildman–Crippen LogP) is 3.25. The van der Waals surface area contributed by atoms with Crippen molar-refractivity contribution in [2.75, 3.05) is 18.5 Å². The van der Waals surface area contributed by atoms with Crippen LogP contribution in [0.15, 0.2) is 61.2 Å². The second kappa shape index (κ2) is 8.53. The molecular formula is C19H20N2O3. The number of para-hydroxylation sites is 2. The first-order valence-electron chi connectivity index (χ1n) is 7.68. The summed E-state index contributed by atoms with van der Waals surface area (Å²) in [5, 5.41) is 5.50. The Morgan fingerprint density at radius 3 is 2.29 bits per heavy atom. The first-order chi connectivity index (χ1) is 11.7. The van der Waals surface area contributed by atoms with Crippen molar-refractivity contribution >= 4 is 17.5 Å². The molecule has 0 unspecified atom stereocenters. The fraction of sp³-hybridized carbons (Fsp3) is 0.158. The molecule has 0 fully saturated rings. The first-order valence-corrected chi connectivity index (χ1v) is 7.68. The zero-order chi connectivity index (χ0) is 17.4. The average molecular weight is 324 g/mol. The van der Waals surface area contributed by atoms with E-state index in [1.807, 2.05) is 19.1 Å². The van der Waals surface area contributed by atoms with Gasteiger partial charge in [-0.05, 0) is 43.3 Å². The molecule has 0 radical (unpaired) electrons. The van der Waals surface area contributed by atoms with E-state index in [4.69, 9.17) is 4.74 Å². The van der Waals surface area contributed by atoms with E-state index >= 15 is 0 Å². The molecule has 0 saturated heterocycles. The number of hydrogen-bond acceptors (Lipinski definition) is 3. The normalized spacial score (nSPS) is 9.88. The second-order valence-electron chi connectivity index (χ2n) is 4.96. The zero-order valence-electron chi connectivity index (χ0n) is 13.5. The van der Waals surface area contributed by atoms with Gasteiger partial charge in [0.15, 0.2) is 0 Å². The van der Waals surface area contributed by atoms with Crippen LogP contribution in [0.2, 0.25) is 0 Å². The summed E-state index contributed by atoms with van der Waals surface area (Å²) in [6.45, 7) is 6.34. The lowest BCUT2D eigenvalue weighted by molar-refractivity contribution is 0.0956. The Morgan fingerprint density at radius 1 is 1.04 bits per heavy atom. The van der Waals surface area contributed by atoms with E-state index in [1.54, 1.807) is 42.5 Å². The molecule has 5 nitrogen and oxygen atoms in total. The lowest BCUT2D eigenvalue weighted by Crippen LogP contribution is -2.23. The molecule has 0 bridgehead atoms. The molecule has 2 rings (SSSR count). The molecule has 0 heterocycles. The molecule has 0 aromatic heterocycles. The van der Waals surface area contributed by atoms with Gasteiger partial charge in [-0.2, -0.15) is 0 Å². The predicted molar refractivity (Wildman–Crippen MR) is 94.5 cm³/mol. The van der Waals surface area contributed by atoms with Gasteiger partial charge >= 0.3 is 0 Å². The summed E-state index contributed by atoms with van der Waals surface area (Å²) < 4.78 is 5.49. The number of amides is 2. The number of ether oxygens (including phenoxy) is 1. The smallest absolute Gasteiger partial charge is 0.255 e. The summed E-state index contributed by atoms with van der Waals surface area (Å²) in [6.07, 6.45) is 1.61. The molecule has 2 amide bonds. The first kappa shape index (κ1) is 17.3. The standard InChI is InChI=1S/C19H20N2O3/c1-3-13-20-18(22)14-9-11-15(12-10-14)19(23)21-16-7-5-6-8-17(16)24-4-2/h3,5-12H,1,4,13H2,2H3,(H,20,22)(H,21,23). The summed E-state index contributed by atoms with van der Waals surface area (Å²) >= 11 is 0. The Bertz CT molecular complexity index is 724. The Kier molecular flexibility index (Phi) is 6.14. The van der Waals surface area contributed by atoms with Crippen LogP contribution in [0, 0.1) is 0 Å². The summed E-state index contributed by atoms with van der Waals surface area (Å²) in [4.78, 5) is 24.2. The maximum atomic E-state index is 12.3. The van der Waals surface area contributed by atoms with Crippen LogP contribution in [0.4, 0.5) is 5.69 Å². The molecule has 0 aliphatic heterocycles. The average Bonchev–Trinajstić information content (AvgIpc) is 2.61. The van der Waals surface area contributed by atoms with Gasteiger partial charge < -0.3 is 15.4 Å². The van der Waals surface area contributed by atoms with E-state index < -0.39 is 0 Å². The van der Waals surface area contributed by atoms with Gasteiger partial charge in [0.2, 0.25) is 0 Å². The summed E-state index contributed by atoms with van der Waals surface area (Å²) in [6, 6.07) is 13.7. The fourth-order valence-corrected chi connectivity index (χ4v) is 2.09. The van der Waals surface area contributed by atoms with Crippen molar-refractivity contribution in [1.82, 2.24) is 5.32 Å². The largest absolute Gasteiger partial charge is 0.492 e. The molecule has 5 heteroatoms. The minimum absolute atomic E-state index is 0.205. The van der Waals surface area contributed by atoms with Crippen LogP contribution in [0.5, 0.6) is 5.75 Å². The Labute approximate surface area is 141 Å². The Hall–Kier alpha value is -3.08. The van der Waals surface area contributed by atoms with Crippen molar-refractivity contribution in [3.63, 3.8) is 0 Å². The number of hydrogen-bond donors (Lipinski definition) is 2. The van der Waals surface area contributed by atoms with Gasteiger partial charge in [0.25, 0.3) is 11.8 Å². The van der Waals surface area contributed by atoms with E-state index in [2.05, 4.69) is 17.2 Å². The van der Waals surface area contributed by atoms with Crippen molar-refractivity contribution in [3.8, 4) is 5.75 Å². The van der Waals surface area contributed by atoms with Crippen molar-refractivity contribution in [2.24, 2.45) is 0 Å². The highest BCUT2D eigenvalue weighted by Crippen LogP contribution is 2.24. The highest BCUT2D eigenvalue weighted by atomic mass is 16.5. The van der Waals surface area contributed by atoms with Gasteiger partial charge in [-0.15, -0.1) is 6.58 Å². The van der Waals surface area contributed by atoms with Crippen LogP contribution >= 0.6 is 0 Å². The number of carbonyl (C=O) groups excluding carboxylic acids is 2. The molecular weight excluding hydrogens is 304 g/mol. The van der Waals surface area contributed by atoms with Crippen LogP contribution in [0.1, 0.15) is 27.6 Å². The van der Waals surface area contributed by atoms with Gasteiger partial charge in [-0.1, -0.05) is 18.2 Å². The molecule has 24 heavy (non-hydrogen) atoms. The fourth-order valence-electron chi connectivity index (χ4n) is 2.09. The molecule has 0 aliphatic carbocycles. The van der Waals surface area contributed by atoms with Gasteiger partial charge in [0, 0.05) is 17.7 Å². The van der Waals surface area contributed by atoms with E-state index in [-0.39, 0.29) is 11.8 Å². The van der Waals surface area contributed by atoms with Gasteiger partial charge in [0.05, 0.1) is 12.3 Å². The third kappa shape index (κ3) is 4.46. The third-order valence-electron chi connectivity index (χ3n) is 3.25. The maximum Gasteiger partial charge on any atom is 0.255 e. The highest BCUT2D eigenvalue weighted by Gasteiger charge is 2.11. The van der Waals surface area contributed by atoms with Crippen LogP contribution in [-0.4, -0.2) is 25.0 Å². The van der Waals surface area contributed by atoms with Gasteiger partial charge in [-0.3, -0.25) is 9.59 Å². The van der Waals surface area contributed by atoms with Crippen LogP contribution in [0.25, 0.3) is 0 Å². The SMILES string of the molecule is C=CCNC(=O)c1ccc(C(=O)Nc2ccccc2OCC)cc1. The minimum Gasteiger partial charge on any atom is -0.492 e. The van der Waals surface area contributed by atoms with Crippen LogP contribution in [-0.2, 0) is 0 Å². The second-order valence-corrected chi connectivity index (χ2v) is 4.96. The number of benzene rings is 2. The summed E-state index contributed by atoms with van der Waals surface area (Å²) in [5.74, 6) is 0.150. The molecule has 2 N–H and O–H groups in total. The summed E-state index contributed by atoms with van der Waals surface area (Å²) in [7, 11) is 0. The maximum absolute atomic E-state index is 12.3. The number of rotatable bonds is 7. The monoisotopic (exact) mass is 324 g/mol. The molecule has 2 aromatic carbocycles. The molecule has 0 saturated carbocycles. The molecule has 124 valence electrons. The van der Waals surface area contributed by atoms with E-state index in [0.29, 0.717) is 35.7 Å². The van der Waals surface area contributed by atoms with Crippen LogP contribution < -0.4 is 15.4 Å². The van der Waals surface area contributed by atoms with E-state index in [1.165, 1.54) is 0 Å². The van der Waals surface area contributed by atoms with Crippen LogP contribution in [0.3, 0.4) is 0 Å². The molecule has 2 aromatic rings. The van der Waals surface area contributed by atoms with Crippen molar-refractivity contribution < 1.29 is 14.3 Å². The Morgan fingerprint density at radius 2 is 1.67 bits per heavy atom. The van der Waals surface area contributed by atoms with Gasteiger partial charge in [-0.25, -0.2) is 0 Å². The minimum atomic E-state index is -0.264. The number of anilines is 1. The Balaban J connectivity index is 2.08. The van der Waals surface area contributed by atoms with E-state index in [9.17, 15) is 9.59 Å². The van der Waals surface area contributed by atoms with Crippen molar-refractivity contribution in [2.45, 2.75) is 6.92 Å². The van der Waals surface area contributed by atoms with E-state index in [0.717, 1.165) is 0 Å². The summed E-state index contributed by atoms with van der Waals surface area (Å²) in [5.41, 5.74) is 1.56. The van der Waals surface area contributed by atoms with Crippen molar-refractivity contribution in [1.29, 1.82) is 0 Å². The third-order valence-corrected chi connectivity index (χ3v) is 3.25. The number of carbonyl (C=O) groups is 2. The highest BCUT2D eigenvalue weighted by molar-refractivity contribution is 6.05. The zero-order valence-corrected chi connectivity index (χ0v) is 13.5. The molecule has 0 atom stereocenters. The lowest BCUT2D eigenvalue weighted by atomic mass is 10.1. The van der Waals surface area contributed by atoms with Crippen molar-refractivity contribution in [3.05, 3.63) is 72.3 Å². The quantitative estimate of drug-likeness (QED) is 0.768.